The number of hydrogen-bond acceptors (Lipinski definition) is 6. The third-order valence-electron chi connectivity index (χ3n) is 4.15. The summed E-state index contributed by atoms with van der Waals surface area (Å²) in [7, 11) is 0. The van der Waals surface area contributed by atoms with E-state index < -0.39 is 41.8 Å². The molecule has 2 rings (SSSR count). The Hall–Kier alpha value is -2.12. The second-order valence-electron chi connectivity index (χ2n) is 7.56. The topological polar surface area (TPSA) is 105 Å². The molecule has 1 aliphatic rings. The van der Waals surface area contributed by atoms with Crippen LogP contribution in [0.15, 0.2) is 30.3 Å². The third kappa shape index (κ3) is 6.00. The Morgan fingerprint density at radius 2 is 1.73 bits per heavy atom. The van der Waals surface area contributed by atoms with E-state index in [-0.39, 0.29) is 19.4 Å². The molecule has 0 unspecified atom stereocenters. The van der Waals surface area contributed by atoms with Crippen molar-refractivity contribution in [3.05, 3.63) is 35.9 Å². The number of alkyl carbamates (subject to hydrolysis) is 1. The first-order valence-electron chi connectivity index (χ1n) is 8.72. The molecule has 4 atom stereocenters. The van der Waals surface area contributed by atoms with Crippen molar-refractivity contribution >= 4 is 12.1 Å². The molecule has 1 saturated carbocycles. The minimum atomic E-state index is -1.04. The van der Waals surface area contributed by atoms with E-state index in [2.05, 4.69) is 5.32 Å². The predicted molar refractivity (Wildman–Crippen MR) is 94.1 cm³/mol. The number of nitrogens with one attached hydrogen (secondary N) is 1. The summed E-state index contributed by atoms with van der Waals surface area (Å²) in [6, 6.07) is 8.55. The number of aliphatic hydroxyl groups excluding tert-OH is 2. The molecule has 0 heterocycles. The number of benzene rings is 1. The van der Waals surface area contributed by atoms with Crippen molar-refractivity contribution in [2.45, 2.75) is 64.1 Å². The van der Waals surface area contributed by atoms with Crippen LogP contribution in [0.5, 0.6) is 0 Å². The highest BCUT2D eigenvalue weighted by atomic mass is 16.6. The summed E-state index contributed by atoms with van der Waals surface area (Å²) < 4.78 is 10.6. The van der Waals surface area contributed by atoms with Gasteiger partial charge in [0.05, 0.1) is 18.1 Å². The number of amides is 1. The van der Waals surface area contributed by atoms with Gasteiger partial charge in [-0.15, -0.1) is 0 Å². The summed E-state index contributed by atoms with van der Waals surface area (Å²) in [5.41, 5.74) is 0.161. The monoisotopic (exact) mass is 365 g/mol. The van der Waals surface area contributed by atoms with Crippen molar-refractivity contribution < 1.29 is 29.3 Å². The van der Waals surface area contributed by atoms with Gasteiger partial charge in [-0.3, -0.25) is 4.79 Å². The molecule has 0 saturated heterocycles. The van der Waals surface area contributed by atoms with Crippen LogP contribution in [0.2, 0.25) is 0 Å². The van der Waals surface area contributed by atoms with Crippen molar-refractivity contribution in [2.24, 2.45) is 5.92 Å². The highest BCUT2D eigenvalue weighted by Crippen LogP contribution is 2.27. The van der Waals surface area contributed by atoms with Crippen LogP contribution in [-0.4, -0.2) is 46.1 Å². The van der Waals surface area contributed by atoms with Gasteiger partial charge >= 0.3 is 12.1 Å². The zero-order chi connectivity index (χ0) is 19.3. The Balaban J connectivity index is 2.01. The number of aliphatic hydroxyl groups is 2. The average molecular weight is 365 g/mol. The van der Waals surface area contributed by atoms with Crippen molar-refractivity contribution in [3.8, 4) is 0 Å². The molecule has 0 bridgehead atoms. The normalized spacial score (nSPS) is 26.0. The van der Waals surface area contributed by atoms with E-state index in [0.29, 0.717) is 0 Å². The lowest BCUT2D eigenvalue weighted by atomic mass is 9.81. The maximum absolute atomic E-state index is 12.5. The maximum Gasteiger partial charge on any atom is 0.407 e. The van der Waals surface area contributed by atoms with E-state index in [9.17, 15) is 19.8 Å². The van der Waals surface area contributed by atoms with E-state index in [1.165, 1.54) is 0 Å². The molecule has 0 radical (unpaired) electrons. The second kappa shape index (κ2) is 8.51. The fraction of sp³-hybridized carbons (Fsp3) is 0.579. The highest BCUT2D eigenvalue weighted by Gasteiger charge is 2.41. The van der Waals surface area contributed by atoms with Crippen LogP contribution in [0.3, 0.4) is 0 Å². The Morgan fingerprint density at radius 3 is 2.35 bits per heavy atom. The van der Waals surface area contributed by atoms with Gasteiger partial charge in [-0.05, 0) is 39.2 Å². The van der Waals surface area contributed by atoms with Crippen molar-refractivity contribution in [1.29, 1.82) is 0 Å². The zero-order valence-corrected chi connectivity index (χ0v) is 15.3. The van der Waals surface area contributed by atoms with Crippen LogP contribution >= 0.6 is 0 Å². The first-order chi connectivity index (χ1) is 12.2. The molecule has 7 nitrogen and oxygen atoms in total. The summed E-state index contributed by atoms with van der Waals surface area (Å²) in [6.45, 7) is 5.31. The van der Waals surface area contributed by atoms with Gasteiger partial charge < -0.3 is 25.0 Å². The van der Waals surface area contributed by atoms with Crippen LogP contribution in [0, 0.1) is 5.92 Å². The summed E-state index contributed by atoms with van der Waals surface area (Å²) in [6.07, 6.45) is -2.68. The van der Waals surface area contributed by atoms with E-state index in [1.54, 1.807) is 20.8 Å². The first-order valence-corrected chi connectivity index (χ1v) is 8.72. The van der Waals surface area contributed by atoms with Gasteiger partial charge in [0.1, 0.15) is 12.2 Å². The lowest BCUT2D eigenvalue weighted by Gasteiger charge is -2.36. The number of esters is 1. The first kappa shape index (κ1) is 20.2. The third-order valence-corrected chi connectivity index (χ3v) is 4.15. The quantitative estimate of drug-likeness (QED) is 0.702. The Kier molecular flexibility index (Phi) is 6.61. The Morgan fingerprint density at radius 1 is 1.12 bits per heavy atom. The summed E-state index contributed by atoms with van der Waals surface area (Å²) >= 11 is 0. The fourth-order valence-corrected chi connectivity index (χ4v) is 2.88. The van der Waals surface area contributed by atoms with Gasteiger partial charge in [0.25, 0.3) is 0 Å². The maximum atomic E-state index is 12.5. The smallest absolute Gasteiger partial charge is 0.407 e. The molecule has 1 aromatic rings. The highest BCUT2D eigenvalue weighted by molar-refractivity contribution is 5.75. The minimum Gasteiger partial charge on any atom is -0.461 e. The lowest BCUT2D eigenvalue weighted by molar-refractivity contribution is -0.156. The van der Waals surface area contributed by atoms with Gasteiger partial charge in [-0.1, -0.05) is 30.3 Å². The molecule has 144 valence electrons. The molecule has 7 heteroatoms. The van der Waals surface area contributed by atoms with Crippen LogP contribution in [-0.2, 0) is 20.9 Å². The standard InChI is InChI=1S/C19H27NO6/c1-19(2,3)26-18(24)20-14-10-16(22)15(21)9-13(14)17(23)25-11-12-7-5-4-6-8-12/h4-8,13-16,21-22H,9-11H2,1-3H3,(H,20,24)/t13-,14-,15+,16-/m0/s1. The van der Waals surface area contributed by atoms with E-state index >= 15 is 0 Å². The largest absolute Gasteiger partial charge is 0.461 e. The summed E-state index contributed by atoms with van der Waals surface area (Å²) in [5, 5.41) is 22.4. The molecule has 0 aromatic heterocycles. The van der Waals surface area contributed by atoms with Crippen LogP contribution < -0.4 is 5.32 Å². The Bertz CT molecular complexity index is 612. The Labute approximate surface area is 153 Å². The van der Waals surface area contributed by atoms with Crippen LogP contribution in [0.25, 0.3) is 0 Å². The zero-order valence-electron chi connectivity index (χ0n) is 15.3. The van der Waals surface area contributed by atoms with Crippen molar-refractivity contribution in [1.82, 2.24) is 5.32 Å². The number of ether oxygens (including phenoxy) is 2. The van der Waals surface area contributed by atoms with E-state index in [0.717, 1.165) is 5.56 Å². The van der Waals surface area contributed by atoms with Gasteiger partial charge in [0.2, 0.25) is 0 Å². The predicted octanol–water partition coefficient (Wildman–Crippen LogP) is 1.75. The lowest BCUT2D eigenvalue weighted by Crippen LogP contribution is -2.53. The van der Waals surface area contributed by atoms with Crippen molar-refractivity contribution in [2.75, 3.05) is 0 Å². The number of hydrogen-bond donors (Lipinski definition) is 3. The molecule has 1 aliphatic carbocycles. The van der Waals surface area contributed by atoms with Gasteiger partial charge in [-0.25, -0.2) is 4.79 Å². The van der Waals surface area contributed by atoms with Crippen molar-refractivity contribution in [3.63, 3.8) is 0 Å². The van der Waals surface area contributed by atoms with Gasteiger partial charge in [-0.2, -0.15) is 0 Å². The van der Waals surface area contributed by atoms with Crippen LogP contribution in [0.1, 0.15) is 39.2 Å². The molecule has 0 aliphatic heterocycles. The molecule has 0 spiro atoms. The molecule has 1 aromatic carbocycles. The summed E-state index contributed by atoms with van der Waals surface area (Å²) in [5.74, 6) is -1.29. The minimum absolute atomic E-state index is 0.00918. The van der Waals surface area contributed by atoms with Gasteiger partial charge in [0, 0.05) is 6.04 Å². The molecular formula is C19H27NO6. The second-order valence-corrected chi connectivity index (χ2v) is 7.56. The number of carbonyl (C=O) groups excluding carboxylic acids is 2. The van der Waals surface area contributed by atoms with Crippen LogP contribution in [0.4, 0.5) is 4.79 Å². The molecule has 1 fully saturated rings. The average Bonchev–Trinajstić information content (AvgIpc) is 2.55. The summed E-state index contributed by atoms with van der Waals surface area (Å²) in [4.78, 5) is 24.5. The number of carbonyl (C=O) groups is 2. The van der Waals surface area contributed by atoms with Gasteiger partial charge in [0.15, 0.2) is 0 Å². The molecule has 1 amide bonds. The SMILES string of the molecule is CC(C)(C)OC(=O)N[C@H]1C[C@H](O)[C@H](O)C[C@@H]1C(=O)OCc1ccccc1. The molecule has 26 heavy (non-hydrogen) atoms. The van der Waals surface area contributed by atoms with E-state index in [1.807, 2.05) is 30.3 Å². The fourth-order valence-electron chi connectivity index (χ4n) is 2.88. The number of rotatable bonds is 4. The molecular weight excluding hydrogens is 338 g/mol. The molecule has 3 N–H and O–H groups in total. The van der Waals surface area contributed by atoms with E-state index in [4.69, 9.17) is 9.47 Å².